The Hall–Kier alpha value is -2.87. The number of hydrogen-bond acceptors (Lipinski definition) is 2. The molecule has 0 fully saturated rings. The first-order valence-corrected chi connectivity index (χ1v) is 9.76. The average molecular weight is 354 g/mol. The van der Waals surface area contributed by atoms with E-state index < -0.39 is 0 Å². The Morgan fingerprint density at radius 1 is 0.815 bits per heavy atom. The zero-order valence-corrected chi connectivity index (χ0v) is 15.9. The van der Waals surface area contributed by atoms with Gasteiger partial charge in [0.1, 0.15) is 11.9 Å². The second kappa shape index (κ2) is 8.22. The van der Waals surface area contributed by atoms with Crippen LogP contribution in [-0.4, -0.2) is 17.8 Å². The zero-order chi connectivity index (χ0) is 18.5. The van der Waals surface area contributed by atoms with E-state index in [4.69, 9.17) is 4.99 Å². The topological polar surface area (TPSA) is 15.6 Å². The molecule has 1 heterocycles. The highest BCUT2D eigenvalue weighted by Gasteiger charge is 2.22. The molecule has 0 bridgehead atoms. The van der Waals surface area contributed by atoms with E-state index in [1.165, 1.54) is 28.1 Å². The summed E-state index contributed by atoms with van der Waals surface area (Å²) in [6.45, 7) is 0.920. The molecule has 27 heavy (non-hydrogen) atoms. The van der Waals surface area contributed by atoms with Crippen LogP contribution in [0.3, 0.4) is 0 Å². The monoisotopic (exact) mass is 354 g/mol. The fraction of sp³-hybridized carbons (Fsp3) is 0.240. The SMILES string of the molecule is CN1Cc2ccccc2C(c2ccccc2)N=C1CCCc1ccccc1. The van der Waals surface area contributed by atoms with Gasteiger partial charge in [-0.2, -0.15) is 0 Å². The third-order valence-corrected chi connectivity index (χ3v) is 5.30. The second-order valence-corrected chi connectivity index (χ2v) is 7.25. The van der Waals surface area contributed by atoms with Crippen LogP contribution in [0, 0.1) is 0 Å². The minimum atomic E-state index is 0.0825. The Labute approximate surface area is 162 Å². The highest BCUT2D eigenvalue weighted by atomic mass is 15.2. The van der Waals surface area contributed by atoms with E-state index in [0.29, 0.717) is 0 Å². The molecule has 0 saturated carbocycles. The fourth-order valence-corrected chi connectivity index (χ4v) is 3.85. The van der Waals surface area contributed by atoms with E-state index in [-0.39, 0.29) is 6.04 Å². The maximum Gasteiger partial charge on any atom is 0.102 e. The van der Waals surface area contributed by atoms with Crippen LogP contribution in [0.2, 0.25) is 0 Å². The molecule has 3 aromatic carbocycles. The number of aryl methyl sites for hydroxylation is 1. The van der Waals surface area contributed by atoms with Crippen molar-refractivity contribution >= 4 is 5.84 Å². The Balaban J connectivity index is 1.60. The van der Waals surface area contributed by atoms with Crippen LogP contribution in [0.25, 0.3) is 0 Å². The molecular formula is C25H26N2. The van der Waals surface area contributed by atoms with Crippen molar-refractivity contribution in [2.45, 2.75) is 31.8 Å². The smallest absolute Gasteiger partial charge is 0.102 e. The zero-order valence-electron chi connectivity index (χ0n) is 15.9. The van der Waals surface area contributed by atoms with Crippen molar-refractivity contribution in [1.82, 2.24) is 4.90 Å². The van der Waals surface area contributed by atoms with E-state index in [1.54, 1.807) is 0 Å². The van der Waals surface area contributed by atoms with Crippen molar-refractivity contribution < 1.29 is 0 Å². The van der Waals surface area contributed by atoms with Gasteiger partial charge in [0, 0.05) is 20.0 Å². The maximum atomic E-state index is 5.24. The first-order chi connectivity index (χ1) is 13.3. The van der Waals surface area contributed by atoms with Gasteiger partial charge in [-0.05, 0) is 35.1 Å². The van der Waals surface area contributed by atoms with E-state index in [2.05, 4.69) is 96.9 Å². The fourth-order valence-electron chi connectivity index (χ4n) is 3.85. The summed E-state index contributed by atoms with van der Waals surface area (Å²) in [5.74, 6) is 1.20. The van der Waals surface area contributed by atoms with Gasteiger partial charge in [-0.1, -0.05) is 84.9 Å². The molecule has 0 saturated heterocycles. The predicted molar refractivity (Wildman–Crippen MR) is 113 cm³/mol. The number of aliphatic imine (C=N–C) groups is 1. The summed E-state index contributed by atoms with van der Waals surface area (Å²) in [7, 11) is 2.17. The Kier molecular flexibility index (Phi) is 5.34. The van der Waals surface area contributed by atoms with Gasteiger partial charge in [0.15, 0.2) is 0 Å². The number of fused-ring (bicyclic) bond motifs is 1. The van der Waals surface area contributed by atoms with E-state index in [0.717, 1.165) is 25.8 Å². The van der Waals surface area contributed by atoms with Crippen molar-refractivity contribution in [3.05, 3.63) is 107 Å². The normalized spacial score (nSPS) is 16.4. The molecule has 3 aromatic rings. The third kappa shape index (κ3) is 4.11. The largest absolute Gasteiger partial charge is 0.359 e. The van der Waals surface area contributed by atoms with Gasteiger partial charge in [0.05, 0.1) is 0 Å². The van der Waals surface area contributed by atoms with E-state index >= 15 is 0 Å². The molecule has 1 unspecified atom stereocenters. The number of nitrogens with zero attached hydrogens (tertiary/aromatic N) is 2. The van der Waals surface area contributed by atoms with Gasteiger partial charge < -0.3 is 4.90 Å². The molecule has 1 aliphatic heterocycles. The molecule has 4 rings (SSSR count). The lowest BCUT2D eigenvalue weighted by Crippen LogP contribution is -2.25. The summed E-state index contributed by atoms with van der Waals surface area (Å²) in [6, 6.07) is 30.2. The summed E-state index contributed by atoms with van der Waals surface area (Å²) in [5, 5.41) is 0. The first kappa shape index (κ1) is 17.5. The molecule has 0 N–H and O–H groups in total. The molecule has 136 valence electrons. The molecular weight excluding hydrogens is 328 g/mol. The van der Waals surface area contributed by atoms with Gasteiger partial charge >= 0.3 is 0 Å². The van der Waals surface area contributed by atoms with Gasteiger partial charge in [-0.3, -0.25) is 4.99 Å². The highest BCUT2D eigenvalue weighted by molar-refractivity contribution is 5.83. The summed E-state index contributed by atoms with van der Waals surface area (Å²) < 4.78 is 0. The molecule has 0 aliphatic carbocycles. The molecule has 0 aromatic heterocycles. The third-order valence-electron chi connectivity index (χ3n) is 5.30. The predicted octanol–water partition coefficient (Wildman–Crippen LogP) is 5.64. The Bertz CT molecular complexity index is 900. The van der Waals surface area contributed by atoms with Crippen LogP contribution in [0.4, 0.5) is 0 Å². The minimum absolute atomic E-state index is 0.0825. The van der Waals surface area contributed by atoms with Gasteiger partial charge in [0.25, 0.3) is 0 Å². The molecule has 0 amide bonds. The molecule has 0 spiro atoms. The van der Waals surface area contributed by atoms with Crippen LogP contribution < -0.4 is 0 Å². The van der Waals surface area contributed by atoms with Crippen molar-refractivity contribution in [3.63, 3.8) is 0 Å². The summed E-state index contributed by atoms with van der Waals surface area (Å²) in [6.07, 6.45) is 3.21. The minimum Gasteiger partial charge on any atom is -0.359 e. The molecule has 1 atom stereocenters. The van der Waals surface area contributed by atoms with Crippen molar-refractivity contribution in [2.24, 2.45) is 4.99 Å². The van der Waals surface area contributed by atoms with Crippen molar-refractivity contribution in [1.29, 1.82) is 0 Å². The van der Waals surface area contributed by atoms with Crippen LogP contribution in [0.5, 0.6) is 0 Å². The van der Waals surface area contributed by atoms with Crippen LogP contribution in [0.1, 0.15) is 41.1 Å². The molecule has 2 heteroatoms. The highest BCUT2D eigenvalue weighted by Crippen LogP contribution is 2.32. The Morgan fingerprint density at radius 2 is 1.48 bits per heavy atom. The summed E-state index contributed by atoms with van der Waals surface area (Å²) in [4.78, 5) is 7.57. The number of hydrogen-bond donors (Lipinski definition) is 0. The second-order valence-electron chi connectivity index (χ2n) is 7.25. The van der Waals surface area contributed by atoms with Crippen LogP contribution >= 0.6 is 0 Å². The van der Waals surface area contributed by atoms with Crippen molar-refractivity contribution in [2.75, 3.05) is 7.05 Å². The van der Waals surface area contributed by atoms with Crippen LogP contribution in [-0.2, 0) is 13.0 Å². The molecule has 1 aliphatic rings. The maximum absolute atomic E-state index is 5.24. The lowest BCUT2D eigenvalue weighted by molar-refractivity contribution is 0.488. The van der Waals surface area contributed by atoms with Gasteiger partial charge in [-0.15, -0.1) is 0 Å². The molecule has 2 nitrogen and oxygen atoms in total. The molecule has 0 radical (unpaired) electrons. The number of benzene rings is 3. The summed E-state index contributed by atoms with van der Waals surface area (Å²) in [5.41, 5.74) is 5.36. The van der Waals surface area contributed by atoms with Gasteiger partial charge in [-0.25, -0.2) is 0 Å². The Morgan fingerprint density at radius 3 is 2.26 bits per heavy atom. The van der Waals surface area contributed by atoms with Crippen LogP contribution in [0.15, 0.2) is 89.9 Å². The first-order valence-electron chi connectivity index (χ1n) is 9.76. The quantitative estimate of drug-likeness (QED) is 0.579. The summed E-state index contributed by atoms with van der Waals surface area (Å²) >= 11 is 0. The lowest BCUT2D eigenvalue weighted by atomic mass is 9.95. The average Bonchev–Trinajstić information content (AvgIpc) is 2.86. The lowest BCUT2D eigenvalue weighted by Gasteiger charge is -2.20. The van der Waals surface area contributed by atoms with Crippen molar-refractivity contribution in [3.8, 4) is 0 Å². The van der Waals surface area contributed by atoms with E-state index in [1.807, 2.05) is 0 Å². The number of amidine groups is 1. The number of rotatable bonds is 5. The van der Waals surface area contributed by atoms with Gasteiger partial charge in [0.2, 0.25) is 0 Å². The standard InChI is InChI=1S/C25H26N2/c1-27-19-22-16-8-9-17-23(22)25(21-14-6-3-7-15-21)26-24(27)18-10-13-20-11-4-2-5-12-20/h2-9,11-12,14-17,25H,10,13,18-19H2,1H3. The van der Waals surface area contributed by atoms with E-state index in [9.17, 15) is 0 Å².